The molecule has 1 aromatic heterocycles. The normalized spacial score (nSPS) is 16.7. The summed E-state index contributed by atoms with van der Waals surface area (Å²) < 4.78 is 5.87. The molecular formula is C17H30N2O. The highest BCUT2D eigenvalue weighted by Gasteiger charge is 2.20. The smallest absolute Gasteiger partial charge is 0.118 e. The lowest BCUT2D eigenvalue weighted by molar-refractivity contribution is 0.236. The molecule has 0 spiro atoms. The lowest BCUT2D eigenvalue weighted by Crippen LogP contribution is -2.28. The average Bonchev–Trinajstić information content (AvgIpc) is 3.00. The van der Waals surface area contributed by atoms with E-state index in [1.54, 1.807) is 0 Å². The van der Waals surface area contributed by atoms with Gasteiger partial charge in [0.05, 0.1) is 6.54 Å². The molecule has 0 amide bonds. The van der Waals surface area contributed by atoms with E-state index < -0.39 is 0 Å². The Hall–Kier alpha value is -0.800. The summed E-state index contributed by atoms with van der Waals surface area (Å²) in [6.07, 6.45) is 5.50. The molecule has 20 heavy (non-hydrogen) atoms. The molecule has 2 rings (SSSR count). The van der Waals surface area contributed by atoms with Crippen molar-refractivity contribution in [1.82, 2.24) is 10.2 Å². The van der Waals surface area contributed by atoms with Gasteiger partial charge < -0.3 is 9.73 Å². The molecule has 0 bridgehead atoms. The number of hydrogen-bond donors (Lipinski definition) is 1. The topological polar surface area (TPSA) is 28.4 Å². The maximum Gasteiger partial charge on any atom is 0.118 e. The van der Waals surface area contributed by atoms with E-state index in [4.69, 9.17) is 4.42 Å². The van der Waals surface area contributed by atoms with Crippen molar-refractivity contribution in [3.05, 3.63) is 23.2 Å². The predicted octanol–water partition coefficient (Wildman–Crippen LogP) is 3.71. The number of rotatable bonds is 7. The monoisotopic (exact) mass is 278 g/mol. The average molecular weight is 278 g/mol. The maximum atomic E-state index is 5.87. The van der Waals surface area contributed by atoms with Crippen LogP contribution in [0.25, 0.3) is 0 Å². The fraction of sp³-hybridized carbons (Fsp3) is 0.765. The molecule has 0 aromatic carbocycles. The lowest BCUT2D eigenvalue weighted by atomic mass is 10.1. The molecule has 1 heterocycles. The number of aryl methyl sites for hydroxylation is 1. The highest BCUT2D eigenvalue weighted by molar-refractivity contribution is 5.20. The Balaban J connectivity index is 1.86. The summed E-state index contributed by atoms with van der Waals surface area (Å²) in [5.74, 6) is 2.83. The largest absolute Gasteiger partial charge is 0.465 e. The van der Waals surface area contributed by atoms with Crippen molar-refractivity contribution < 1.29 is 4.42 Å². The Bertz CT molecular complexity index is 405. The van der Waals surface area contributed by atoms with Crippen molar-refractivity contribution in [1.29, 1.82) is 0 Å². The second-order valence-electron chi connectivity index (χ2n) is 6.67. The van der Waals surface area contributed by atoms with Gasteiger partial charge in [-0.3, -0.25) is 4.90 Å². The molecule has 0 atom stereocenters. The number of furan rings is 1. The zero-order valence-electron chi connectivity index (χ0n) is 13.5. The third kappa shape index (κ3) is 4.35. The molecule has 0 unspecified atom stereocenters. The Morgan fingerprint density at radius 2 is 2.05 bits per heavy atom. The molecule has 3 nitrogen and oxygen atoms in total. The van der Waals surface area contributed by atoms with Gasteiger partial charge in [0.2, 0.25) is 0 Å². The molecule has 1 fully saturated rings. The fourth-order valence-corrected chi connectivity index (χ4v) is 3.06. The second-order valence-corrected chi connectivity index (χ2v) is 6.67. The molecule has 1 N–H and O–H groups in total. The fourth-order valence-electron chi connectivity index (χ4n) is 3.06. The van der Waals surface area contributed by atoms with Crippen LogP contribution in [0.2, 0.25) is 0 Å². The first-order valence-corrected chi connectivity index (χ1v) is 8.05. The van der Waals surface area contributed by atoms with Crippen LogP contribution in [0.15, 0.2) is 10.5 Å². The molecule has 1 aromatic rings. The minimum Gasteiger partial charge on any atom is -0.465 e. The standard InChI is InChI=1S/C17H30N2O/c1-13(2)10-18-11-17-9-15(14(3)20-17)12-19(4)16-7-5-6-8-16/h9,13,16,18H,5-8,10-12H2,1-4H3. The van der Waals surface area contributed by atoms with Crippen LogP contribution in [0.3, 0.4) is 0 Å². The first kappa shape index (κ1) is 15.6. The van der Waals surface area contributed by atoms with Gasteiger partial charge in [-0.2, -0.15) is 0 Å². The minimum atomic E-state index is 0.680. The number of nitrogens with zero attached hydrogens (tertiary/aromatic N) is 1. The summed E-state index contributed by atoms with van der Waals surface area (Å²) in [7, 11) is 2.25. The van der Waals surface area contributed by atoms with E-state index in [0.29, 0.717) is 5.92 Å². The Kier molecular flexibility index (Phi) is 5.67. The predicted molar refractivity (Wildman–Crippen MR) is 83.7 cm³/mol. The molecule has 1 saturated carbocycles. The van der Waals surface area contributed by atoms with Crippen LogP contribution in [-0.2, 0) is 13.1 Å². The SMILES string of the molecule is Cc1oc(CNCC(C)C)cc1CN(C)C1CCCC1. The van der Waals surface area contributed by atoms with E-state index in [2.05, 4.69) is 44.1 Å². The summed E-state index contributed by atoms with van der Waals surface area (Å²) in [5.41, 5.74) is 1.35. The highest BCUT2D eigenvalue weighted by Crippen LogP contribution is 2.25. The van der Waals surface area contributed by atoms with Gasteiger partial charge in [-0.1, -0.05) is 26.7 Å². The van der Waals surface area contributed by atoms with Crippen molar-refractivity contribution in [2.24, 2.45) is 5.92 Å². The molecule has 0 saturated heterocycles. The van der Waals surface area contributed by atoms with Gasteiger partial charge in [-0.05, 0) is 45.3 Å². The lowest BCUT2D eigenvalue weighted by Gasteiger charge is -2.23. The van der Waals surface area contributed by atoms with Crippen molar-refractivity contribution in [3.63, 3.8) is 0 Å². The maximum absolute atomic E-state index is 5.87. The van der Waals surface area contributed by atoms with Crippen LogP contribution >= 0.6 is 0 Å². The molecule has 0 aliphatic heterocycles. The number of nitrogens with one attached hydrogen (secondary N) is 1. The summed E-state index contributed by atoms with van der Waals surface area (Å²) in [5, 5.41) is 3.44. The highest BCUT2D eigenvalue weighted by atomic mass is 16.3. The Morgan fingerprint density at radius 3 is 2.70 bits per heavy atom. The van der Waals surface area contributed by atoms with Crippen LogP contribution in [-0.4, -0.2) is 24.5 Å². The van der Waals surface area contributed by atoms with E-state index in [1.807, 2.05) is 0 Å². The second kappa shape index (κ2) is 7.28. The van der Waals surface area contributed by atoms with Crippen LogP contribution in [0.4, 0.5) is 0 Å². The minimum absolute atomic E-state index is 0.680. The zero-order valence-corrected chi connectivity index (χ0v) is 13.5. The van der Waals surface area contributed by atoms with E-state index in [1.165, 1.54) is 31.2 Å². The van der Waals surface area contributed by atoms with E-state index in [9.17, 15) is 0 Å². The molecule has 1 aliphatic carbocycles. The molecular weight excluding hydrogens is 248 g/mol. The van der Waals surface area contributed by atoms with Crippen molar-refractivity contribution in [2.75, 3.05) is 13.6 Å². The third-order valence-corrected chi connectivity index (χ3v) is 4.29. The van der Waals surface area contributed by atoms with E-state index >= 15 is 0 Å². The summed E-state index contributed by atoms with van der Waals surface area (Å²) in [6.45, 7) is 9.43. The summed E-state index contributed by atoms with van der Waals surface area (Å²) in [4.78, 5) is 2.50. The van der Waals surface area contributed by atoms with Gasteiger partial charge in [0.25, 0.3) is 0 Å². The van der Waals surface area contributed by atoms with Crippen molar-refractivity contribution in [2.45, 2.75) is 65.6 Å². The quantitative estimate of drug-likeness (QED) is 0.824. The van der Waals surface area contributed by atoms with Crippen molar-refractivity contribution in [3.8, 4) is 0 Å². The molecule has 3 heteroatoms. The van der Waals surface area contributed by atoms with E-state index in [0.717, 1.165) is 37.2 Å². The van der Waals surface area contributed by atoms with Crippen LogP contribution in [0, 0.1) is 12.8 Å². The summed E-state index contributed by atoms with van der Waals surface area (Å²) >= 11 is 0. The van der Waals surface area contributed by atoms with E-state index in [-0.39, 0.29) is 0 Å². The molecule has 1 aliphatic rings. The van der Waals surface area contributed by atoms with Gasteiger partial charge in [-0.25, -0.2) is 0 Å². The van der Waals surface area contributed by atoms with Gasteiger partial charge in [0, 0.05) is 18.2 Å². The van der Waals surface area contributed by atoms with Crippen LogP contribution in [0.1, 0.15) is 56.6 Å². The van der Waals surface area contributed by atoms with Gasteiger partial charge in [0.15, 0.2) is 0 Å². The first-order valence-electron chi connectivity index (χ1n) is 8.05. The molecule has 0 radical (unpaired) electrons. The molecule has 114 valence electrons. The van der Waals surface area contributed by atoms with Gasteiger partial charge in [0.1, 0.15) is 11.5 Å². The first-order chi connectivity index (χ1) is 9.56. The third-order valence-electron chi connectivity index (χ3n) is 4.29. The van der Waals surface area contributed by atoms with Crippen LogP contribution in [0.5, 0.6) is 0 Å². The van der Waals surface area contributed by atoms with Gasteiger partial charge >= 0.3 is 0 Å². The van der Waals surface area contributed by atoms with Crippen molar-refractivity contribution >= 4 is 0 Å². The van der Waals surface area contributed by atoms with Crippen LogP contribution < -0.4 is 5.32 Å². The summed E-state index contributed by atoms with van der Waals surface area (Å²) in [6, 6.07) is 3.00. The Morgan fingerprint density at radius 1 is 1.35 bits per heavy atom. The Labute approximate surface area is 123 Å². The number of hydrogen-bond acceptors (Lipinski definition) is 3. The van der Waals surface area contributed by atoms with Gasteiger partial charge in [-0.15, -0.1) is 0 Å². The zero-order chi connectivity index (χ0) is 14.5.